The number of aromatic nitrogens is 3. The summed E-state index contributed by atoms with van der Waals surface area (Å²) in [5.41, 5.74) is 3.35. The maximum absolute atomic E-state index is 13.0. The fourth-order valence-corrected chi connectivity index (χ4v) is 4.47. The van der Waals surface area contributed by atoms with Gasteiger partial charge in [-0.1, -0.05) is 32.4 Å². The standard InChI is InChI=1S/C21H26N4OS/c1-5-7-19-16(6-2)12-20(27-19)21(26)24(4)15(3)17-8-10-18(11-9-17)25-14-22-13-23-25/h8-15H,5-7H2,1-4H3/t15-/m1/s1. The van der Waals surface area contributed by atoms with E-state index >= 15 is 0 Å². The van der Waals surface area contributed by atoms with Gasteiger partial charge in [-0.2, -0.15) is 5.10 Å². The van der Waals surface area contributed by atoms with Crippen molar-refractivity contribution in [2.75, 3.05) is 7.05 Å². The van der Waals surface area contributed by atoms with Crippen molar-refractivity contribution in [3.63, 3.8) is 0 Å². The lowest BCUT2D eigenvalue weighted by Gasteiger charge is -2.25. The minimum Gasteiger partial charge on any atom is -0.334 e. The van der Waals surface area contributed by atoms with Crippen molar-refractivity contribution in [2.24, 2.45) is 0 Å². The number of benzene rings is 1. The van der Waals surface area contributed by atoms with Crippen LogP contribution in [0.1, 0.15) is 58.9 Å². The topological polar surface area (TPSA) is 51.0 Å². The number of carbonyl (C=O) groups excluding carboxylic acids is 1. The van der Waals surface area contributed by atoms with Crippen LogP contribution in [0.4, 0.5) is 0 Å². The second-order valence-electron chi connectivity index (χ2n) is 6.69. The van der Waals surface area contributed by atoms with E-state index in [0.29, 0.717) is 0 Å². The summed E-state index contributed by atoms with van der Waals surface area (Å²) in [6, 6.07) is 10.1. The first-order chi connectivity index (χ1) is 13.0. The largest absolute Gasteiger partial charge is 0.334 e. The molecule has 1 amide bonds. The summed E-state index contributed by atoms with van der Waals surface area (Å²) in [4.78, 5) is 21.0. The van der Waals surface area contributed by atoms with Gasteiger partial charge in [-0.3, -0.25) is 4.79 Å². The molecule has 0 unspecified atom stereocenters. The molecule has 0 radical (unpaired) electrons. The molecule has 0 aliphatic heterocycles. The molecular weight excluding hydrogens is 356 g/mol. The maximum atomic E-state index is 13.0. The van der Waals surface area contributed by atoms with Crippen LogP contribution < -0.4 is 0 Å². The lowest BCUT2D eigenvalue weighted by atomic mass is 10.1. The van der Waals surface area contributed by atoms with Gasteiger partial charge in [0.25, 0.3) is 5.91 Å². The van der Waals surface area contributed by atoms with Crippen molar-refractivity contribution in [3.8, 4) is 5.69 Å². The summed E-state index contributed by atoms with van der Waals surface area (Å²) in [6.07, 6.45) is 6.31. The highest BCUT2D eigenvalue weighted by atomic mass is 32.1. The summed E-state index contributed by atoms with van der Waals surface area (Å²) in [5.74, 6) is 0.0879. The highest BCUT2D eigenvalue weighted by molar-refractivity contribution is 7.14. The first-order valence-corrected chi connectivity index (χ1v) is 10.2. The quantitative estimate of drug-likeness (QED) is 0.596. The molecule has 27 heavy (non-hydrogen) atoms. The highest BCUT2D eigenvalue weighted by Crippen LogP contribution is 2.28. The Labute approximate surface area is 164 Å². The molecule has 1 aromatic carbocycles. The first kappa shape index (κ1) is 19.3. The van der Waals surface area contributed by atoms with Gasteiger partial charge < -0.3 is 4.90 Å². The minimum absolute atomic E-state index is 0.0101. The second-order valence-corrected chi connectivity index (χ2v) is 7.82. The van der Waals surface area contributed by atoms with Crippen molar-refractivity contribution >= 4 is 17.2 Å². The molecule has 5 nitrogen and oxygen atoms in total. The second kappa shape index (κ2) is 8.48. The van der Waals surface area contributed by atoms with Crippen LogP contribution in [0.3, 0.4) is 0 Å². The summed E-state index contributed by atoms with van der Waals surface area (Å²) >= 11 is 1.65. The van der Waals surface area contributed by atoms with Crippen LogP contribution in [0.15, 0.2) is 43.0 Å². The molecule has 0 saturated heterocycles. The molecule has 0 bridgehead atoms. The van der Waals surface area contributed by atoms with Gasteiger partial charge in [0.15, 0.2) is 0 Å². The average molecular weight is 383 g/mol. The van der Waals surface area contributed by atoms with Crippen LogP contribution in [0.25, 0.3) is 5.69 Å². The van der Waals surface area contributed by atoms with E-state index < -0.39 is 0 Å². The molecule has 3 aromatic rings. The summed E-state index contributed by atoms with van der Waals surface area (Å²) in [6.45, 7) is 6.39. The number of nitrogens with zero attached hydrogens (tertiary/aromatic N) is 4. The number of hydrogen-bond donors (Lipinski definition) is 0. The molecule has 6 heteroatoms. The molecule has 0 N–H and O–H groups in total. The van der Waals surface area contributed by atoms with E-state index in [9.17, 15) is 4.79 Å². The Balaban J connectivity index is 1.76. The zero-order valence-electron chi connectivity index (χ0n) is 16.3. The third kappa shape index (κ3) is 4.11. The van der Waals surface area contributed by atoms with Crippen molar-refractivity contribution in [3.05, 3.63) is 63.9 Å². The van der Waals surface area contributed by atoms with Gasteiger partial charge >= 0.3 is 0 Å². The zero-order chi connectivity index (χ0) is 19.4. The van der Waals surface area contributed by atoms with Crippen LogP contribution in [0.5, 0.6) is 0 Å². The van der Waals surface area contributed by atoms with E-state index in [1.807, 2.05) is 36.2 Å². The molecule has 2 aromatic heterocycles. The van der Waals surface area contributed by atoms with E-state index in [1.165, 1.54) is 16.8 Å². The van der Waals surface area contributed by atoms with Crippen LogP contribution >= 0.6 is 11.3 Å². The van der Waals surface area contributed by atoms with Crippen molar-refractivity contribution in [2.45, 2.75) is 46.1 Å². The van der Waals surface area contributed by atoms with E-state index in [1.54, 1.807) is 22.3 Å². The number of thiophene rings is 1. The fraction of sp³-hybridized carbons (Fsp3) is 0.381. The number of amides is 1. The molecular formula is C21H26N4OS. The molecule has 2 heterocycles. The van der Waals surface area contributed by atoms with Crippen molar-refractivity contribution < 1.29 is 4.79 Å². The van der Waals surface area contributed by atoms with E-state index in [0.717, 1.165) is 35.4 Å². The SMILES string of the molecule is CCCc1sc(C(=O)N(C)[C@H](C)c2ccc(-n3cncn3)cc2)cc1CC. The highest BCUT2D eigenvalue weighted by Gasteiger charge is 2.22. The van der Waals surface area contributed by atoms with Crippen LogP contribution in [-0.2, 0) is 12.8 Å². The maximum Gasteiger partial charge on any atom is 0.264 e. The van der Waals surface area contributed by atoms with Gasteiger partial charge in [0, 0.05) is 11.9 Å². The van der Waals surface area contributed by atoms with Gasteiger partial charge in [-0.25, -0.2) is 9.67 Å². The average Bonchev–Trinajstić information content (AvgIpc) is 3.37. The molecule has 142 valence electrons. The molecule has 0 fully saturated rings. The fourth-order valence-electron chi connectivity index (χ4n) is 3.13. The smallest absolute Gasteiger partial charge is 0.264 e. The predicted molar refractivity (Wildman–Crippen MR) is 110 cm³/mol. The Morgan fingerprint density at radius 3 is 2.59 bits per heavy atom. The van der Waals surface area contributed by atoms with Crippen LogP contribution in [0.2, 0.25) is 0 Å². The lowest BCUT2D eigenvalue weighted by Crippen LogP contribution is -2.29. The summed E-state index contributed by atoms with van der Waals surface area (Å²) < 4.78 is 1.72. The third-order valence-corrected chi connectivity index (χ3v) is 6.15. The minimum atomic E-state index is -0.0101. The van der Waals surface area contributed by atoms with E-state index in [4.69, 9.17) is 0 Å². The zero-order valence-corrected chi connectivity index (χ0v) is 17.2. The first-order valence-electron chi connectivity index (χ1n) is 9.38. The number of hydrogen-bond acceptors (Lipinski definition) is 4. The monoisotopic (exact) mass is 382 g/mol. The van der Waals surface area contributed by atoms with Gasteiger partial charge in [-0.15, -0.1) is 11.3 Å². The van der Waals surface area contributed by atoms with Gasteiger partial charge in [0.1, 0.15) is 12.7 Å². The number of aryl methyl sites for hydroxylation is 2. The summed E-state index contributed by atoms with van der Waals surface area (Å²) in [5, 5.41) is 4.14. The normalized spacial score (nSPS) is 12.1. The Morgan fingerprint density at radius 1 is 1.26 bits per heavy atom. The number of carbonyl (C=O) groups is 1. The molecule has 1 atom stereocenters. The molecule has 0 saturated carbocycles. The van der Waals surface area contributed by atoms with Crippen LogP contribution in [-0.4, -0.2) is 32.6 Å². The molecule has 0 aliphatic carbocycles. The Kier molecular flexibility index (Phi) is 6.06. The van der Waals surface area contributed by atoms with Crippen molar-refractivity contribution in [1.29, 1.82) is 0 Å². The number of rotatable bonds is 7. The van der Waals surface area contributed by atoms with Gasteiger partial charge in [0.2, 0.25) is 0 Å². The van der Waals surface area contributed by atoms with E-state index in [2.05, 4.69) is 36.9 Å². The van der Waals surface area contributed by atoms with Gasteiger partial charge in [-0.05, 0) is 49.1 Å². The Bertz CT molecular complexity index is 884. The van der Waals surface area contributed by atoms with Crippen LogP contribution in [0, 0.1) is 0 Å². The molecule has 3 rings (SSSR count). The Morgan fingerprint density at radius 2 is 2.00 bits per heavy atom. The van der Waals surface area contributed by atoms with Crippen molar-refractivity contribution in [1.82, 2.24) is 19.7 Å². The molecule has 0 aliphatic rings. The van der Waals surface area contributed by atoms with Gasteiger partial charge in [0.05, 0.1) is 16.6 Å². The van der Waals surface area contributed by atoms with E-state index in [-0.39, 0.29) is 11.9 Å². The lowest BCUT2D eigenvalue weighted by molar-refractivity contribution is 0.0747. The Hall–Kier alpha value is -2.47. The molecule has 0 spiro atoms. The predicted octanol–water partition coefficient (Wildman–Crippen LogP) is 4.68. The summed E-state index contributed by atoms with van der Waals surface area (Å²) in [7, 11) is 1.88. The third-order valence-electron chi connectivity index (χ3n) is 4.93.